The van der Waals surface area contributed by atoms with Crippen LogP contribution in [0.15, 0.2) is 36.5 Å². The van der Waals surface area contributed by atoms with Crippen LogP contribution < -0.4 is 0 Å². The average Bonchev–Trinajstić information content (AvgIpc) is 2.49. The lowest BCUT2D eigenvalue weighted by Gasteiger charge is -2.00. The van der Waals surface area contributed by atoms with Crippen molar-refractivity contribution in [1.29, 1.82) is 0 Å². The molecule has 0 heterocycles. The molecule has 0 bridgehead atoms. The van der Waals surface area contributed by atoms with E-state index >= 15 is 0 Å². The van der Waals surface area contributed by atoms with Crippen LogP contribution in [0.3, 0.4) is 0 Å². The lowest BCUT2D eigenvalue weighted by molar-refractivity contribution is -0.137. The van der Waals surface area contributed by atoms with Crippen LogP contribution in [0.25, 0.3) is 0 Å². The number of hydrogen-bond donors (Lipinski definition) is 0. The third-order valence-corrected chi connectivity index (χ3v) is 3.23. The molecule has 0 radical (unpaired) electrons. The van der Waals surface area contributed by atoms with Crippen molar-refractivity contribution in [2.24, 2.45) is 0 Å². The van der Waals surface area contributed by atoms with Crippen LogP contribution in [-0.4, -0.2) is 12.6 Å². The largest absolute Gasteiger partial charge is 0.463 e. The maximum atomic E-state index is 11.4. The van der Waals surface area contributed by atoms with Gasteiger partial charge >= 0.3 is 5.97 Å². The van der Waals surface area contributed by atoms with E-state index in [0.29, 0.717) is 6.61 Å². The molecule has 0 amide bonds. The number of hydrogen-bond acceptors (Lipinski definition) is 2. The van der Waals surface area contributed by atoms with Gasteiger partial charge in [0.2, 0.25) is 0 Å². The van der Waals surface area contributed by atoms with Crippen LogP contribution in [0.1, 0.15) is 71.6 Å². The van der Waals surface area contributed by atoms with Crippen LogP contribution in [0, 0.1) is 0 Å². The lowest BCUT2D eigenvalue weighted by Crippen LogP contribution is -2.02. The lowest BCUT2D eigenvalue weighted by atomic mass is 10.1. The monoisotopic (exact) mass is 292 g/mol. The van der Waals surface area contributed by atoms with Gasteiger partial charge in [0.1, 0.15) is 0 Å². The van der Waals surface area contributed by atoms with Crippen LogP contribution in [-0.2, 0) is 9.53 Å². The summed E-state index contributed by atoms with van der Waals surface area (Å²) in [5, 5.41) is 0. The van der Waals surface area contributed by atoms with Gasteiger partial charge in [-0.05, 0) is 58.8 Å². The molecule has 0 saturated heterocycles. The predicted molar refractivity (Wildman–Crippen MR) is 91.3 cm³/mol. The minimum atomic E-state index is -0.200. The molecule has 0 aliphatic rings. The van der Waals surface area contributed by atoms with Crippen LogP contribution >= 0.6 is 0 Å². The van der Waals surface area contributed by atoms with E-state index < -0.39 is 0 Å². The van der Waals surface area contributed by atoms with Crippen molar-refractivity contribution in [1.82, 2.24) is 0 Å². The molecule has 2 nitrogen and oxygen atoms in total. The summed E-state index contributed by atoms with van der Waals surface area (Å²) in [6, 6.07) is 0. The second-order valence-corrected chi connectivity index (χ2v) is 5.20. The fourth-order valence-electron chi connectivity index (χ4n) is 1.98. The van der Waals surface area contributed by atoms with Crippen molar-refractivity contribution in [3.8, 4) is 0 Å². The Morgan fingerprint density at radius 1 is 0.762 bits per heavy atom. The summed E-state index contributed by atoms with van der Waals surface area (Å²) in [6.45, 7) is 4.62. The van der Waals surface area contributed by atoms with E-state index in [1.807, 2.05) is 13.0 Å². The van der Waals surface area contributed by atoms with Gasteiger partial charge in [-0.1, -0.05) is 43.2 Å². The topological polar surface area (TPSA) is 26.3 Å². The van der Waals surface area contributed by atoms with Gasteiger partial charge in [0.25, 0.3) is 0 Å². The van der Waals surface area contributed by atoms with E-state index in [1.54, 1.807) is 6.08 Å². The third kappa shape index (κ3) is 16.6. The summed E-state index contributed by atoms with van der Waals surface area (Å²) in [6.07, 6.45) is 22.2. The van der Waals surface area contributed by atoms with E-state index in [-0.39, 0.29) is 5.97 Å². The predicted octanol–water partition coefficient (Wildman–Crippen LogP) is 5.75. The first-order chi connectivity index (χ1) is 10.3. The zero-order chi connectivity index (χ0) is 15.6. The fourth-order valence-corrected chi connectivity index (χ4v) is 1.98. The van der Waals surface area contributed by atoms with Crippen molar-refractivity contribution in [2.75, 3.05) is 6.61 Å². The van der Waals surface area contributed by atoms with Crippen molar-refractivity contribution >= 4 is 5.97 Å². The molecule has 0 aromatic heterocycles. The van der Waals surface area contributed by atoms with Gasteiger partial charge < -0.3 is 4.74 Å². The molecule has 0 atom stereocenters. The van der Waals surface area contributed by atoms with E-state index in [2.05, 4.69) is 31.2 Å². The maximum Gasteiger partial charge on any atom is 0.330 e. The van der Waals surface area contributed by atoms with Crippen LogP contribution in [0.2, 0.25) is 0 Å². The van der Waals surface area contributed by atoms with Gasteiger partial charge in [0.05, 0.1) is 6.61 Å². The normalized spacial score (nSPS) is 11.9. The van der Waals surface area contributed by atoms with E-state index in [0.717, 1.165) is 32.1 Å². The van der Waals surface area contributed by atoms with E-state index in [9.17, 15) is 4.79 Å². The molecular weight excluding hydrogens is 260 g/mol. The molecular formula is C19H32O2. The summed E-state index contributed by atoms with van der Waals surface area (Å²) >= 11 is 0. The molecule has 2 heteroatoms. The first kappa shape index (κ1) is 19.7. The molecule has 0 aromatic rings. The molecule has 21 heavy (non-hydrogen) atoms. The highest BCUT2D eigenvalue weighted by Gasteiger charge is 1.96. The van der Waals surface area contributed by atoms with E-state index in [4.69, 9.17) is 4.74 Å². The van der Waals surface area contributed by atoms with Crippen molar-refractivity contribution < 1.29 is 9.53 Å². The maximum absolute atomic E-state index is 11.4. The average molecular weight is 292 g/mol. The highest BCUT2D eigenvalue weighted by atomic mass is 16.5. The Kier molecular flexibility index (Phi) is 15.7. The summed E-state index contributed by atoms with van der Waals surface area (Å²) < 4.78 is 5.14. The smallest absolute Gasteiger partial charge is 0.330 e. The van der Waals surface area contributed by atoms with E-state index in [1.165, 1.54) is 25.7 Å². The van der Waals surface area contributed by atoms with Gasteiger partial charge in [0, 0.05) is 6.08 Å². The molecule has 120 valence electrons. The van der Waals surface area contributed by atoms with Crippen molar-refractivity contribution in [3.63, 3.8) is 0 Å². The summed E-state index contributed by atoms with van der Waals surface area (Å²) in [5.74, 6) is -0.200. The molecule has 0 aliphatic heterocycles. The van der Waals surface area contributed by atoms with Gasteiger partial charge in [-0.25, -0.2) is 4.79 Å². The number of rotatable bonds is 13. The summed E-state index contributed by atoms with van der Waals surface area (Å²) in [4.78, 5) is 11.4. The summed E-state index contributed by atoms with van der Waals surface area (Å²) in [7, 11) is 0. The Bertz CT molecular complexity index is 314. The Hall–Kier alpha value is -1.31. The minimum Gasteiger partial charge on any atom is -0.463 e. The summed E-state index contributed by atoms with van der Waals surface area (Å²) in [5.41, 5.74) is 0. The first-order valence-corrected chi connectivity index (χ1v) is 8.37. The molecule has 0 rings (SSSR count). The first-order valence-electron chi connectivity index (χ1n) is 8.37. The van der Waals surface area contributed by atoms with Crippen molar-refractivity contribution in [2.45, 2.75) is 71.6 Å². The SMILES string of the molecule is CC=CCCCCCC/C=C/C(=O)OCCCC/C=C/C. The number of ether oxygens (including phenoxy) is 1. The standard InChI is InChI=1S/C19H32O2/c1-3-5-7-9-10-11-12-13-15-17-19(20)21-18-16-14-8-6-4-2/h3-6,15,17H,7-14,16,18H2,1-2H3/b5-3?,6-4+,17-15+. The van der Waals surface area contributed by atoms with Gasteiger partial charge in [-0.2, -0.15) is 0 Å². The highest BCUT2D eigenvalue weighted by Crippen LogP contribution is 2.06. The zero-order valence-corrected chi connectivity index (χ0v) is 13.9. The highest BCUT2D eigenvalue weighted by molar-refractivity contribution is 5.81. The molecule has 0 spiro atoms. The Labute approximate surface area is 131 Å². The number of carbonyl (C=O) groups excluding carboxylic acids is 1. The number of unbranched alkanes of at least 4 members (excludes halogenated alkanes) is 7. The molecule has 0 aromatic carbocycles. The van der Waals surface area contributed by atoms with Gasteiger partial charge in [-0.3, -0.25) is 0 Å². The second kappa shape index (κ2) is 16.7. The molecule has 0 saturated carbocycles. The number of carbonyl (C=O) groups is 1. The fraction of sp³-hybridized carbons (Fsp3) is 0.632. The van der Waals surface area contributed by atoms with Crippen LogP contribution in [0.5, 0.6) is 0 Å². The molecule has 0 aliphatic carbocycles. The number of allylic oxidation sites excluding steroid dienone is 5. The van der Waals surface area contributed by atoms with Gasteiger partial charge in [0.15, 0.2) is 0 Å². The second-order valence-electron chi connectivity index (χ2n) is 5.20. The van der Waals surface area contributed by atoms with Crippen molar-refractivity contribution in [3.05, 3.63) is 36.5 Å². The quantitative estimate of drug-likeness (QED) is 0.187. The Balaban J connectivity index is 3.33. The Morgan fingerprint density at radius 3 is 1.86 bits per heavy atom. The number of esters is 1. The zero-order valence-electron chi connectivity index (χ0n) is 13.9. The minimum absolute atomic E-state index is 0.200. The molecule has 0 fully saturated rings. The van der Waals surface area contributed by atoms with Crippen LogP contribution in [0.4, 0.5) is 0 Å². The third-order valence-electron chi connectivity index (χ3n) is 3.23. The molecule has 0 N–H and O–H groups in total. The Morgan fingerprint density at radius 2 is 1.29 bits per heavy atom. The van der Waals surface area contributed by atoms with Gasteiger partial charge in [-0.15, -0.1) is 0 Å². The molecule has 0 unspecified atom stereocenters.